The summed E-state index contributed by atoms with van der Waals surface area (Å²) in [5.74, 6) is -1.89. The second-order valence-corrected chi connectivity index (χ2v) is 8.62. The predicted octanol–water partition coefficient (Wildman–Crippen LogP) is 1.43. The zero-order chi connectivity index (χ0) is 29.5. The Morgan fingerprint density at radius 2 is 1.34 bits per heavy atom. The fraction of sp³-hybridized carbons (Fsp3) is 0.207. The number of esters is 3. The summed E-state index contributed by atoms with van der Waals surface area (Å²) in [7, 11) is 5.20. The van der Waals surface area contributed by atoms with Crippen LogP contribution in [0.2, 0.25) is 0 Å². The van der Waals surface area contributed by atoms with Crippen molar-refractivity contribution in [2.75, 3.05) is 35.0 Å². The van der Waals surface area contributed by atoms with Gasteiger partial charge in [0.05, 0.1) is 67.6 Å². The van der Waals surface area contributed by atoms with Crippen molar-refractivity contribution in [2.24, 2.45) is 9.98 Å². The first kappa shape index (κ1) is 28.9. The van der Waals surface area contributed by atoms with E-state index in [1.165, 1.54) is 28.4 Å². The second kappa shape index (κ2) is 12.9. The van der Waals surface area contributed by atoms with Gasteiger partial charge >= 0.3 is 17.9 Å². The molecule has 12 nitrogen and oxygen atoms in total. The summed E-state index contributed by atoms with van der Waals surface area (Å²) in [6.45, 7) is 2.02. The summed E-state index contributed by atoms with van der Waals surface area (Å²) in [5.41, 5.74) is 3.40. The molecule has 0 spiro atoms. The second-order valence-electron chi connectivity index (χ2n) is 8.62. The lowest BCUT2D eigenvalue weighted by Crippen LogP contribution is -2.25. The number of methoxy groups -OCH3 is 3. The Morgan fingerprint density at radius 3 is 1.95 bits per heavy atom. The molecule has 2 aromatic heterocycles. The maximum Gasteiger partial charge on any atom is 0.342 e. The molecule has 0 saturated heterocycles. The third-order valence-corrected chi connectivity index (χ3v) is 6.15. The van der Waals surface area contributed by atoms with Gasteiger partial charge in [0.15, 0.2) is 0 Å². The van der Waals surface area contributed by atoms with Crippen molar-refractivity contribution in [1.29, 1.82) is 0 Å². The van der Waals surface area contributed by atoms with Gasteiger partial charge in [-0.05, 0) is 61.1 Å². The molecule has 0 fully saturated rings. The number of aromatic nitrogens is 2. The summed E-state index contributed by atoms with van der Waals surface area (Å²) in [5, 5.41) is 0.703. The summed E-state index contributed by atoms with van der Waals surface area (Å²) in [4.78, 5) is 63.0. The zero-order valence-electron chi connectivity index (χ0n) is 23.1. The number of rotatable bonds is 9. The molecule has 12 heteroatoms. The van der Waals surface area contributed by atoms with E-state index in [9.17, 15) is 14.4 Å². The van der Waals surface area contributed by atoms with E-state index < -0.39 is 17.9 Å². The van der Waals surface area contributed by atoms with Crippen molar-refractivity contribution in [1.82, 2.24) is 9.97 Å². The molecule has 2 aliphatic rings. The lowest BCUT2D eigenvalue weighted by atomic mass is 10.1. The van der Waals surface area contributed by atoms with Gasteiger partial charge in [-0.3, -0.25) is 4.99 Å². The van der Waals surface area contributed by atoms with Crippen LogP contribution in [-0.2, 0) is 38.4 Å². The molecule has 41 heavy (non-hydrogen) atoms. The molecule has 0 aliphatic carbocycles. The first-order valence-electron chi connectivity index (χ1n) is 12.3. The Morgan fingerprint density at radius 1 is 0.732 bits per heavy atom. The number of carbonyl (C=O) groups excluding carboxylic acids is 3. The van der Waals surface area contributed by atoms with Gasteiger partial charge in [0, 0.05) is 6.21 Å². The first-order chi connectivity index (χ1) is 19.8. The van der Waals surface area contributed by atoms with Gasteiger partial charge in [-0.2, -0.15) is 0 Å². The van der Waals surface area contributed by atoms with E-state index in [2.05, 4.69) is 24.8 Å². The van der Waals surface area contributed by atoms with Gasteiger partial charge in [0.25, 0.3) is 0 Å². The molecule has 2 aliphatic heterocycles. The van der Waals surface area contributed by atoms with Crippen molar-refractivity contribution in [3.8, 4) is 0 Å². The van der Waals surface area contributed by atoms with Gasteiger partial charge in [-0.25, -0.2) is 29.2 Å². The van der Waals surface area contributed by atoms with Crippen molar-refractivity contribution in [2.45, 2.75) is 6.92 Å². The van der Waals surface area contributed by atoms with Crippen LogP contribution in [0, 0.1) is 0 Å². The number of hydrogen-bond acceptors (Lipinski definition) is 10. The Balaban J connectivity index is 1.88. The number of allylic oxidation sites excluding steroid dienone is 4. The number of nitrogens with zero attached hydrogens (tertiary/aromatic N) is 2. The maximum absolute atomic E-state index is 13.0. The van der Waals surface area contributed by atoms with Crippen molar-refractivity contribution >= 4 is 46.6 Å². The molecule has 0 atom stereocenters. The van der Waals surface area contributed by atoms with Crippen molar-refractivity contribution < 1.29 is 38.4 Å². The van der Waals surface area contributed by atoms with E-state index in [-0.39, 0.29) is 23.3 Å². The average molecular weight is 561 g/mol. The van der Waals surface area contributed by atoms with E-state index in [1.54, 1.807) is 54.8 Å². The van der Waals surface area contributed by atoms with Crippen molar-refractivity contribution in [3.63, 3.8) is 0 Å². The van der Waals surface area contributed by atoms with E-state index in [0.29, 0.717) is 39.2 Å². The summed E-state index contributed by atoms with van der Waals surface area (Å²) in [6.07, 6.45) is 8.36. The highest BCUT2D eigenvalue weighted by atomic mass is 17.2. The number of nitrogens with one attached hydrogen (secondary N) is 2. The molecule has 2 N–H and O–H groups in total. The van der Waals surface area contributed by atoms with Crippen LogP contribution >= 0.6 is 0 Å². The maximum atomic E-state index is 13.0. The van der Waals surface area contributed by atoms with E-state index in [4.69, 9.17) is 19.1 Å². The third-order valence-electron chi connectivity index (χ3n) is 6.15. The largest absolute Gasteiger partial charge is 0.465 e. The monoisotopic (exact) mass is 560 g/mol. The van der Waals surface area contributed by atoms with Crippen LogP contribution in [0.25, 0.3) is 16.7 Å². The summed E-state index contributed by atoms with van der Waals surface area (Å²) >= 11 is 0. The van der Waals surface area contributed by atoms with Crippen LogP contribution in [0.1, 0.15) is 18.3 Å². The normalized spacial score (nSPS) is 17.7. The zero-order valence-corrected chi connectivity index (χ0v) is 23.1. The predicted molar refractivity (Wildman–Crippen MR) is 150 cm³/mol. The highest BCUT2D eigenvalue weighted by Gasteiger charge is 2.24. The minimum Gasteiger partial charge on any atom is -0.465 e. The lowest BCUT2D eigenvalue weighted by molar-refractivity contribution is -0.265. The van der Waals surface area contributed by atoms with Gasteiger partial charge in [-0.15, -0.1) is 0 Å². The van der Waals surface area contributed by atoms with Gasteiger partial charge < -0.3 is 24.2 Å². The molecule has 212 valence electrons. The fourth-order valence-electron chi connectivity index (χ4n) is 4.16. The van der Waals surface area contributed by atoms with Crippen LogP contribution in [0.15, 0.2) is 75.5 Å². The number of H-pyrrole nitrogens is 2. The summed E-state index contributed by atoms with van der Waals surface area (Å²) < 4.78 is 15.0. The first-order valence-corrected chi connectivity index (χ1v) is 12.3. The Labute approximate surface area is 234 Å². The molecular formula is C29H28N4O8. The molecular weight excluding hydrogens is 532 g/mol. The molecule has 2 aromatic rings. The Kier molecular flexibility index (Phi) is 9.07. The average Bonchev–Trinajstić information content (AvgIpc) is 3.81. The highest BCUT2D eigenvalue weighted by molar-refractivity contribution is 6.44. The molecule has 0 saturated carbocycles. The van der Waals surface area contributed by atoms with E-state index in [1.807, 2.05) is 6.92 Å². The molecule has 0 radical (unpaired) electrons. The van der Waals surface area contributed by atoms with Crippen molar-refractivity contribution in [3.05, 3.63) is 87.6 Å². The topological polar surface area (TPSA) is 154 Å². The lowest BCUT2D eigenvalue weighted by Gasteiger charge is -2.06. The van der Waals surface area contributed by atoms with Crippen LogP contribution in [0.3, 0.4) is 0 Å². The minimum absolute atomic E-state index is 0.131. The molecule has 0 unspecified atom stereocenters. The third kappa shape index (κ3) is 6.08. The SMILES string of the molecule is COOCC(C)=C1C=CC(C(C(=O)OC)=c2ccc(=C(C(=O)OC)c3ccc(C(C(=O)OC)=C4C=CC=N4)[nH]3)[nH]2)=N1. The molecule has 0 amide bonds. The van der Waals surface area contributed by atoms with Crippen LogP contribution in [0.4, 0.5) is 0 Å². The Hall–Kier alpha value is -5.07. The fourth-order valence-corrected chi connectivity index (χ4v) is 4.16. The van der Waals surface area contributed by atoms with Gasteiger partial charge in [0.1, 0.15) is 23.3 Å². The highest BCUT2D eigenvalue weighted by Crippen LogP contribution is 2.25. The number of aliphatic imine (C=N–C) groups is 2. The number of carbonyl (C=O) groups is 3. The molecule has 0 aromatic carbocycles. The summed E-state index contributed by atoms with van der Waals surface area (Å²) in [6, 6.07) is 6.52. The van der Waals surface area contributed by atoms with Gasteiger partial charge in [-0.1, -0.05) is 0 Å². The van der Waals surface area contributed by atoms with Crippen LogP contribution in [0.5, 0.6) is 0 Å². The molecule has 0 bridgehead atoms. The van der Waals surface area contributed by atoms with Crippen LogP contribution < -0.4 is 10.7 Å². The van der Waals surface area contributed by atoms with E-state index in [0.717, 1.165) is 5.57 Å². The number of aromatic amines is 2. The number of hydrogen-bond donors (Lipinski definition) is 2. The van der Waals surface area contributed by atoms with Gasteiger partial charge in [0.2, 0.25) is 0 Å². The Bertz CT molecular complexity index is 1680. The molecule has 4 rings (SSSR count). The molecule has 4 heterocycles. The van der Waals surface area contributed by atoms with E-state index >= 15 is 0 Å². The minimum atomic E-state index is -0.658. The number of ether oxygens (including phenoxy) is 3. The van der Waals surface area contributed by atoms with Crippen LogP contribution in [-0.4, -0.2) is 74.8 Å². The standard InChI is InChI=1S/C29H28N4O8/c1-16(15-41-40-5)17-8-9-20(31-17)25(28(35)38-3)21-12-13-23(33-21)26(29(36)39-4)22-11-10-19(32-22)24(27(34)37-2)18-7-6-14-30-18/h6-14,32-33H,15H2,1-5H3. The smallest absolute Gasteiger partial charge is 0.342 e. The quantitative estimate of drug-likeness (QED) is 0.154.